The minimum Gasteiger partial charge on any atom is -0.506 e. The number of phenols is 1. The molecule has 4 N–H and O–H groups in total. The predicted octanol–water partition coefficient (Wildman–Crippen LogP) is 0.462. The Morgan fingerprint density at radius 3 is 2.43 bits per heavy atom. The molecule has 1 aliphatic heterocycles. The molecule has 0 aromatic heterocycles. The van der Waals surface area contributed by atoms with Gasteiger partial charge in [0.1, 0.15) is 5.75 Å². The third kappa shape index (κ3) is 3.36. The first-order valence-corrected chi connectivity index (χ1v) is 6.93. The van der Waals surface area contributed by atoms with E-state index in [9.17, 15) is 14.7 Å². The van der Waals surface area contributed by atoms with Crippen molar-refractivity contribution in [2.45, 2.75) is 6.92 Å². The number of nitrogens with one attached hydrogen (secondary N) is 1. The van der Waals surface area contributed by atoms with Gasteiger partial charge in [0, 0.05) is 38.3 Å². The molecule has 3 amide bonds. The monoisotopic (exact) mass is 292 g/mol. The van der Waals surface area contributed by atoms with Crippen molar-refractivity contribution in [1.82, 2.24) is 15.1 Å². The van der Waals surface area contributed by atoms with Gasteiger partial charge in [0.25, 0.3) is 5.91 Å². The van der Waals surface area contributed by atoms with Crippen LogP contribution in [0.3, 0.4) is 0 Å². The van der Waals surface area contributed by atoms with Gasteiger partial charge in [-0.25, -0.2) is 4.79 Å². The van der Waals surface area contributed by atoms with Crippen LogP contribution in [0.25, 0.3) is 0 Å². The summed E-state index contributed by atoms with van der Waals surface area (Å²) in [5, 5.41) is 12.3. The number of anilines is 1. The van der Waals surface area contributed by atoms with Crippen LogP contribution in [0.1, 0.15) is 17.3 Å². The first-order valence-electron chi connectivity index (χ1n) is 6.93. The van der Waals surface area contributed by atoms with Gasteiger partial charge in [-0.2, -0.15) is 0 Å². The molecule has 1 aromatic rings. The number of nitrogens with zero attached hydrogens (tertiary/aromatic N) is 2. The van der Waals surface area contributed by atoms with Gasteiger partial charge in [-0.3, -0.25) is 4.79 Å². The molecular weight excluding hydrogens is 272 g/mol. The van der Waals surface area contributed by atoms with E-state index in [0.717, 1.165) is 0 Å². The number of hydrogen-bond donors (Lipinski definition) is 3. The Hall–Kier alpha value is -2.44. The van der Waals surface area contributed by atoms with Crippen LogP contribution in [0, 0.1) is 0 Å². The molecule has 7 nitrogen and oxygen atoms in total. The van der Waals surface area contributed by atoms with Crippen molar-refractivity contribution < 1.29 is 14.7 Å². The van der Waals surface area contributed by atoms with Crippen LogP contribution in [0.15, 0.2) is 18.2 Å². The highest BCUT2D eigenvalue weighted by atomic mass is 16.3. The molecule has 1 aromatic carbocycles. The molecule has 1 aliphatic rings. The van der Waals surface area contributed by atoms with Crippen LogP contribution in [-0.4, -0.2) is 59.6 Å². The van der Waals surface area contributed by atoms with Gasteiger partial charge in [0.2, 0.25) is 0 Å². The molecule has 2 rings (SSSR count). The second-order valence-electron chi connectivity index (χ2n) is 4.89. The molecule has 114 valence electrons. The number of hydrogen-bond acceptors (Lipinski definition) is 4. The zero-order chi connectivity index (χ0) is 15.4. The SMILES string of the molecule is CCNC(=O)N1CCN(C(=O)c2ccc(N)c(O)c2)CC1. The molecule has 0 saturated carbocycles. The summed E-state index contributed by atoms with van der Waals surface area (Å²) in [4.78, 5) is 27.4. The number of carbonyl (C=O) groups excluding carboxylic acids is 2. The highest BCUT2D eigenvalue weighted by Crippen LogP contribution is 2.21. The quantitative estimate of drug-likeness (QED) is 0.545. The molecule has 0 atom stereocenters. The van der Waals surface area contributed by atoms with Gasteiger partial charge >= 0.3 is 6.03 Å². The number of carbonyl (C=O) groups is 2. The Labute approximate surface area is 123 Å². The van der Waals surface area contributed by atoms with Crippen molar-refractivity contribution in [2.75, 3.05) is 38.5 Å². The lowest BCUT2D eigenvalue weighted by molar-refractivity contribution is 0.0665. The first kappa shape index (κ1) is 15.0. The summed E-state index contributed by atoms with van der Waals surface area (Å²) in [6.07, 6.45) is 0. The first-order chi connectivity index (χ1) is 10.0. The third-order valence-electron chi connectivity index (χ3n) is 3.46. The number of nitrogens with two attached hydrogens (primary N) is 1. The van der Waals surface area contributed by atoms with Gasteiger partial charge in [-0.05, 0) is 25.1 Å². The average Bonchev–Trinajstić information content (AvgIpc) is 2.50. The van der Waals surface area contributed by atoms with Crippen molar-refractivity contribution in [3.8, 4) is 5.75 Å². The lowest BCUT2D eigenvalue weighted by atomic mass is 10.1. The van der Waals surface area contributed by atoms with Gasteiger partial charge in [0.05, 0.1) is 5.69 Å². The number of aromatic hydroxyl groups is 1. The second kappa shape index (κ2) is 6.34. The molecule has 0 bridgehead atoms. The molecule has 0 spiro atoms. The predicted molar refractivity (Wildman–Crippen MR) is 79.1 cm³/mol. The van der Waals surface area contributed by atoms with E-state index >= 15 is 0 Å². The van der Waals surface area contributed by atoms with E-state index in [1.54, 1.807) is 15.9 Å². The number of amides is 3. The van der Waals surface area contributed by atoms with E-state index in [1.807, 2.05) is 6.92 Å². The zero-order valence-corrected chi connectivity index (χ0v) is 12.0. The van der Waals surface area contributed by atoms with E-state index < -0.39 is 0 Å². The standard InChI is InChI=1S/C14H20N4O3/c1-2-16-14(21)18-7-5-17(6-8-18)13(20)10-3-4-11(15)12(19)9-10/h3-4,9,19H,2,5-8,15H2,1H3,(H,16,21). The minimum atomic E-state index is -0.166. The third-order valence-corrected chi connectivity index (χ3v) is 3.46. The van der Waals surface area contributed by atoms with Crippen molar-refractivity contribution in [3.63, 3.8) is 0 Å². The molecule has 0 unspecified atom stereocenters. The van der Waals surface area contributed by atoms with Crippen LogP contribution in [-0.2, 0) is 0 Å². The lowest BCUT2D eigenvalue weighted by Crippen LogP contribution is -2.53. The Kier molecular flexibility index (Phi) is 4.52. The normalized spacial score (nSPS) is 14.9. The molecule has 1 saturated heterocycles. The van der Waals surface area contributed by atoms with Gasteiger partial charge in [0.15, 0.2) is 0 Å². The minimum absolute atomic E-state index is 0.0955. The van der Waals surface area contributed by atoms with Crippen molar-refractivity contribution in [1.29, 1.82) is 0 Å². The van der Waals surface area contributed by atoms with Gasteiger partial charge in [-0.1, -0.05) is 0 Å². The fraction of sp³-hybridized carbons (Fsp3) is 0.429. The summed E-state index contributed by atoms with van der Waals surface area (Å²) >= 11 is 0. The number of rotatable bonds is 2. The largest absolute Gasteiger partial charge is 0.506 e. The summed E-state index contributed by atoms with van der Waals surface area (Å²) in [7, 11) is 0. The zero-order valence-electron chi connectivity index (χ0n) is 12.0. The Balaban J connectivity index is 1.97. The van der Waals surface area contributed by atoms with E-state index in [-0.39, 0.29) is 23.4 Å². The average molecular weight is 292 g/mol. The van der Waals surface area contributed by atoms with Crippen LogP contribution >= 0.6 is 0 Å². The van der Waals surface area contributed by atoms with Crippen LogP contribution in [0.4, 0.5) is 10.5 Å². The second-order valence-corrected chi connectivity index (χ2v) is 4.89. The van der Waals surface area contributed by atoms with E-state index in [0.29, 0.717) is 38.3 Å². The maximum Gasteiger partial charge on any atom is 0.317 e. The highest BCUT2D eigenvalue weighted by Gasteiger charge is 2.24. The molecule has 0 aliphatic carbocycles. The van der Waals surface area contributed by atoms with Crippen molar-refractivity contribution in [3.05, 3.63) is 23.8 Å². The highest BCUT2D eigenvalue weighted by molar-refractivity contribution is 5.95. The van der Waals surface area contributed by atoms with Gasteiger partial charge in [-0.15, -0.1) is 0 Å². The maximum absolute atomic E-state index is 12.3. The number of urea groups is 1. The number of piperazine rings is 1. The van der Waals surface area contributed by atoms with Crippen molar-refractivity contribution in [2.24, 2.45) is 0 Å². The molecule has 7 heteroatoms. The number of benzene rings is 1. The topological polar surface area (TPSA) is 98.9 Å². The number of nitrogen functional groups attached to an aromatic ring is 1. The Bertz CT molecular complexity index is 539. The Morgan fingerprint density at radius 2 is 1.86 bits per heavy atom. The summed E-state index contributed by atoms with van der Waals surface area (Å²) in [5.74, 6) is -0.261. The fourth-order valence-electron chi connectivity index (χ4n) is 2.23. The summed E-state index contributed by atoms with van der Waals surface area (Å²) in [6, 6.07) is 4.37. The summed E-state index contributed by atoms with van der Waals surface area (Å²) in [6.45, 7) is 4.40. The van der Waals surface area contributed by atoms with E-state index in [1.165, 1.54) is 12.1 Å². The van der Waals surface area contributed by atoms with Crippen molar-refractivity contribution >= 4 is 17.6 Å². The molecule has 0 radical (unpaired) electrons. The maximum atomic E-state index is 12.3. The lowest BCUT2D eigenvalue weighted by Gasteiger charge is -2.34. The fourth-order valence-corrected chi connectivity index (χ4v) is 2.23. The van der Waals surface area contributed by atoms with Crippen LogP contribution in [0.5, 0.6) is 5.75 Å². The molecular formula is C14H20N4O3. The molecule has 21 heavy (non-hydrogen) atoms. The van der Waals surface area contributed by atoms with Crippen LogP contribution in [0.2, 0.25) is 0 Å². The summed E-state index contributed by atoms with van der Waals surface area (Å²) in [5.41, 5.74) is 6.16. The van der Waals surface area contributed by atoms with Gasteiger partial charge < -0.3 is 26.0 Å². The van der Waals surface area contributed by atoms with Crippen LogP contribution < -0.4 is 11.1 Å². The number of phenolic OH excluding ortho intramolecular Hbond substituents is 1. The Morgan fingerprint density at radius 1 is 1.24 bits per heavy atom. The van der Waals surface area contributed by atoms with E-state index in [4.69, 9.17) is 5.73 Å². The smallest absolute Gasteiger partial charge is 0.317 e. The summed E-state index contributed by atoms with van der Waals surface area (Å²) < 4.78 is 0. The molecule has 1 fully saturated rings. The van der Waals surface area contributed by atoms with E-state index in [2.05, 4.69) is 5.32 Å². The molecule has 1 heterocycles.